The molecule has 1 aromatic rings. The van der Waals surface area contributed by atoms with E-state index in [1.807, 2.05) is 0 Å². The molecule has 0 fully saturated rings. The van der Waals surface area contributed by atoms with Crippen LogP contribution in [-0.2, 0) is 5.88 Å². The molecule has 0 aliphatic rings. The molecule has 6 heteroatoms. The number of hydrogen-bond donors (Lipinski definition) is 1. The maximum atomic E-state index is 12.9. The van der Waals surface area contributed by atoms with Crippen LogP contribution in [0.1, 0.15) is 17.7 Å². The van der Waals surface area contributed by atoms with Gasteiger partial charge in [0.15, 0.2) is 11.6 Å². The second kappa shape index (κ2) is 3.83. The average molecular weight is 212 g/mol. The number of pyridine rings is 1. The van der Waals surface area contributed by atoms with Crippen molar-refractivity contribution in [2.45, 2.75) is 12.3 Å². The minimum Gasteiger partial charge on any atom is -0.503 e. The minimum atomic E-state index is -3.00. The van der Waals surface area contributed by atoms with Crippen molar-refractivity contribution in [1.82, 2.24) is 4.98 Å². The van der Waals surface area contributed by atoms with Crippen molar-refractivity contribution in [2.24, 2.45) is 0 Å². The number of nitrogens with zero attached hydrogens (tertiary/aromatic N) is 1. The molecule has 0 spiro atoms. The summed E-state index contributed by atoms with van der Waals surface area (Å²) in [6.07, 6.45) is -2.33. The zero-order valence-electron chi connectivity index (χ0n) is 6.27. The van der Waals surface area contributed by atoms with Crippen LogP contribution in [0.25, 0.3) is 0 Å². The summed E-state index contributed by atoms with van der Waals surface area (Å²) < 4.78 is 36.9. The number of hydrogen-bond acceptors (Lipinski definition) is 2. The monoisotopic (exact) mass is 211 g/mol. The van der Waals surface area contributed by atoms with Crippen LogP contribution < -0.4 is 0 Å². The Labute approximate surface area is 77.0 Å². The number of aromatic hydroxyl groups is 1. The molecule has 1 heterocycles. The summed E-state index contributed by atoms with van der Waals surface area (Å²) in [7, 11) is 0. The second-order valence-electron chi connectivity index (χ2n) is 2.26. The Morgan fingerprint density at radius 1 is 1.54 bits per heavy atom. The van der Waals surface area contributed by atoms with Gasteiger partial charge in [-0.25, -0.2) is 13.2 Å². The van der Waals surface area contributed by atoms with Crippen molar-refractivity contribution >= 4 is 11.6 Å². The van der Waals surface area contributed by atoms with E-state index in [2.05, 4.69) is 4.98 Å². The summed E-state index contributed by atoms with van der Waals surface area (Å²) in [4.78, 5) is 3.38. The zero-order valence-corrected chi connectivity index (χ0v) is 7.02. The maximum Gasteiger partial charge on any atom is 0.268 e. The molecule has 0 aliphatic carbocycles. The Morgan fingerprint density at radius 3 is 2.62 bits per heavy atom. The van der Waals surface area contributed by atoms with Gasteiger partial charge in [0.1, 0.15) is 0 Å². The van der Waals surface area contributed by atoms with Gasteiger partial charge in [0, 0.05) is 6.20 Å². The summed E-state index contributed by atoms with van der Waals surface area (Å²) in [6, 6.07) is 0. The topological polar surface area (TPSA) is 33.1 Å². The quantitative estimate of drug-likeness (QED) is 0.763. The van der Waals surface area contributed by atoms with Gasteiger partial charge < -0.3 is 5.11 Å². The highest BCUT2D eigenvalue weighted by molar-refractivity contribution is 6.17. The normalized spacial score (nSPS) is 10.8. The third-order valence-corrected chi connectivity index (χ3v) is 1.71. The fourth-order valence-electron chi connectivity index (χ4n) is 0.779. The van der Waals surface area contributed by atoms with Gasteiger partial charge in [-0.05, 0) is 0 Å². The van der Waals surface area contributed by atoms with Crippen LogP contribution in [0.5, 0.6) is 5.75 Å². The van der Waals surface area contributed by atoms with Crippen LogP contribution >= 0.6 is 11.6 Å². The fourth-order valence-corrected chi connectivity index (χ4v) is 0.974. The van der Waals surface area contributed by atoms with E-state index in [1.165, 1.54) is 0 Å². The molecule has 2 nitrogen and oxygen atoms in total. The first-order valence-corrected chi connectivity index (χ1v) is 3.81. The summed E-state index contributed by atoms with van der Waals surface area (Å²) in [5.74, 6) is -2.50. The van der Waals surface area contributed by atoms with Gasteiger partial charge in [0.05, 0.1) is 17.1 Å². The van der Waals surface area contributed by atoms with E-state index in [9.17, 15) is 13.2 Å². The molecule has 1 rings (SSSR count). The highest BCUT2D eigenvalue weighted by Crippen LogP contribution is 2.29. The van der Waals surface area contributed by atoms with E-state index in [0.717, 1.165) is 0 Å². The van der Waals surface area contributed by atoms with E-state index in [4.69, 9.17) is 16.7 Å². The van der Waals surface area contributed by atoms with Crippen LogP contribution in [0.4, 0.5) is 13.2 Å². The Hall–Kier alpha value is -0.970. The second-order valence-corrected chi connectivity index (χ2v) is 2.52. The smallest absolute Gasteiger partial charge is 0.268 e. The molecule has 0 radical (unpaired) electrons. The molecule has 1 aromatic heterocycles. The van der Waals surface area contributed by atoms with Gasteiger partial charge in [-0.1, -0.05) is 0 Å². The lowest BCUT2D eigenvalue weighted by atomic mass is 10.2. The number of aromatic nitrogens is 1. The first kappa shape index (κ1) is 10.1. The first-order chi connectivity index (χ1) is 6.07. The van der Waals surface area contributed by atoms with Gasteiger partial charge in [-0.2, -0.15) is 0 Å². The van der Waals surface area contributed by atoms with Gasteiger partial charge >= 0.3 is 0 Å². The number of halogens is 4. The third kappa shape index (κ3) is 1.85. The highest BCUT2D eigenvalue weighted by Gasteiger charge is 2.19. The molecular weight excluding hydrogens is 207 g/mol. The van der Waals surface area contributed by atoms with Crippen LogP contribution in [0.2, 0.25) is 0 Å². The number of alkyl halides is 3. The molecular formula is C7H5ClF3NO. The third-order valence-electron chi connectivity index (χ3n) is 1.46. The fraction of sp³-hybridized carbons (Fsp3) is 0.286. The van der Waals surface area contributed by atoms with E-state index >= 15 is 0 Å². The summed E-state index contributed by atoms with van der Waals surface area (Å²) >= 11 is 5.26. The van der Waals surface area contributed by atoms with Crippen molar-refractivity contribution in [1.29, 1.82) is 0 Å². The number of rotatable bonds is 2. The molecule has 0 atom stereocenters. The molecule has 0 aromatic carbocycles. The Bertz CT molecular complexity index is 319. The van der Waals surface area contributed by atoms with Crippen LogP contribution in [-0.4, -0.2) is 10.1 Å². The molecule has 72 valence electrons. The van der Waals surface area contributed by atoms with Gasteiger partial charge in [-0.15, -0.1) is 11.6 Å². The molecule has 0 aliphatic heterocycles. The summed E-state index contributed by atoms with van der Waals surface area (Å²) in [5, 5.41) is 8.97. The van der Waals surface area contributed by atoms with E-state index in [0.29, 0.717) is 6.20 Å². The van der Waals surface area contributed by atoms with Crippen molar-refractivity contribution in [3.63, 3.8) is 0 Å². The summed E-state index contributed by atoms with van der Waals surface area (Å²) in [6.45, 7) is 0. The predicted molar refractivity (Wildman–Crippen MR) is 40.4 cm³/mol. The Morgan fingerprint density at radius 2 is 2.15 bits per heavy atom. The van der Waals surface area contributed by atoms with Crippen LogP contribution in [0.3, 0.4) is 0 Å². The molecule has 0 amide bonds. The van der Waals surface area contributed by atoms with E-state index in [1.54, 1.807) is 0 Å². The largest absolute Gasteiger partial charge is 0.503 e. The highest BCUT2D eigenvalue weighted by atomic mass is 35.5. The predicted octanol–water partition coefficient (Wildman–Crippen LogP) is 2.60. The van der Waals surface area contributed by atoms with E-state index in [-0.39, 0.29) is 11.6 Å². The molecule has 0 unspecified atom stereocenters. The standard InChI is InChI=1S/C7H5ClF3NO/c8-1-4-6(13)5(9)3(2-12-4)7(10)11/h2,7,13H,1H2. The van der Waals surface area contributed by atoms with Gasteiger partial charge in [-0.3, -0.25) is 4.98 Å². The van der Waals surface area contributed by atoms with Gasteiger partial charge in [0.25, 0.3) is 6.43 Å². The average Bonchev–Trinajstić information content (AvgIpc) is 2.09. The van der Waals surface area contributed by atoms with Crippen LogP contribution in [0.15, 0.2) is 6.20 Å². The lowest BCUT2D eigenvalue weighted by Crippen LogP contribution is -1.97. The lowest BCUT2D eigenvalue weighted by molar-refractivity contribution is 0.144. The molecule has 0 saturated heterocycles. The van der Waals surface area contributed by atoms with Crippen molar-refractivity contribution < 1.29 is 18.3 Å². The first-order valence-electron chi connectivity index (χ1n) is 3.28. The molecule has 13 heavy (non-hydrogen) atoms. The van der Waals surface area contributed by atoms with Crippen molar-refractivity contribution in [2.75, 3.05) is 0 Å². The summed E-state index contributed by atoms with van der Waals surface area (Å²) in [5.41, 5.74) is -1.07. The van der Waals surface area contributed by atoms with Gasteiger partial charge in [0.2, 0.25) is 0 Å². The van der Waals surface area contributed by atoms with Crippen LogP contribution in [0, 0.1) is 5.82 Å². The Balaban J connectivity index is 3.23. The zero-order chi connectivity index (χ0) is 10.0. The SMILES string of the molecule is Oc1c(CCl)ncc(C(F)F)c1F. The minimum absolute atomic E-state index is 0.149. The molecule has 0 bridgehead atoms. The maximum absolute atomic E-state index is 12.9. The van der Waals surface area contributed by atoms with Crippen molar-refractivity contribution in [3.05, 3.63) is 23.3 Å². The Kier molecular flexibility index (Phi) is 2.98. The lowest BCUT2D eigenvalue weighted by Gasteiger charge is -2.05. The van der Waals surface area contributed by atoms with Crippen molar-refractivity contribution in [3.8, 4) is 5.75 Å². The van der Waals surface area contributed by atoms with E-state index < -0.39 is 23.6 Å². The molecule has 1 N–H and O–H groups in total. The molecule has 0 saturated carbocycles.